The summed E-state index contributed by atoms with van der Waals surface area (Å²) >= 11 is 0. The Balaban J connectivity index is 2.46. The molecule has 0 bridgehead atoms. The van der Waals surface area contributed by atoms with Gasteiger partial charge in [-0.2, -0.15) is 0 Å². The first-order chi connectivity index (χ1) is 8.74. The third-order valence-corrected chi connectivity index (χ3v) is 3.85. The van der Waals surface area contributed by atoms with E-state index in [9.17, 15) is 9.00 Å². The average molecular weight is 261 g/mol. The lowest BCUT2D eigenvalue weighted by atomic mass is 10.2. The van der Waals surface area contributed by atoms with Crippen molar-refractivity contribution in [3.8, 4) is 0 Å². The summed E-state index contributed by atoms with van der Waals surface area (Å²) in [5, 5.41) is 8.67. The van der Waals surface area contributed by atoms with Crippen LogP contribution in [0.4, 0.5) is 0 Å². The molecule has 0 aliphatic rings. The minimum atomic E-state index is -1.45. The van der Waals surface area contributed by atoms with Crippen LogP contribution in [0.15, 0.2) is 64.4 Å². The summed E-state index contributed by atoms with van der Waals surface area (Å²) in [5.74, 6) is -0.671. The van der Waals surface area contributed by atoms with Crippen molar-refractivity contribution >= 4 is 16.7 Å². The summed E-state index contributed by atoms with van der Waals surface area (Å²) in [7, 11) is -1.45. The highest BCUT2D eigenvalue weighted by Gasteiger charge is 2.16. The van der Waals surface area contributed by atoms with Crippen molar-refractivity contribution < 1.29 is 14.2 Å². The Morgan fingerprint density at radius 3 is 2.28 bits per heavy atom. The van der Waals surface area contributed by atoms with Gasteiger partial charge < -0.3 is 0 Å². The maximum absolute atomic E-state index is 12.3. The number of hydrogen-bond acceptors (Lipinski definition) is 3. The number of hydroxylamine groups is 1. The van der Waals surface area contributed by atoms with Gasteiger partial charge in [-0.15, -0.1) is 0 Å². The molecule has 0 saturated carbocycles. The molecule has 92 valence electrons. The van der Waals surface area contributed by atoms with E-state index in [2.05, 4.69) is 0 Å². The van der Waals surface area contributed by atoms with Crippen LogP contribution in [0.25, 0.3) is 0 Å². The maximum atomic E-state index is 12.3. The van der Waals surface area contributed by atoms with Gasteiger partial charge in [0, 0.05) is 4.90 Å². The molecule has 0 heterocycles. The monoisotopic (exact) mass is 261 g/mol. The van der Waals surface area contributed by atoms with Gasteiger partial charge in [-0.3, -0.25) is 10.0 Å². The number of carbonyl (C=O) groups excluding carboxylic acids is 1. The standard InChI is InChI=1S/C13H11NO3S/c15-13(14-16)11-8-4-5-9-12(11)18(17)10-6-2-1-3-7-10/h1-9,16H,(H,14,15). The molecule has 1 atom stereocenters. The quantitative estimate of drug-likeness (QED) is 0.655. The van der Waals surface area contributed by atoms with Gasteiger partial charge in [0.25, 0.3) is 5.91 Å². The molecule has 0 saturated heterocycles. The SMILES string of the molecule is O=C(NO)c1ccccc1S(=O)c1ccccc1. The van der Waals surface area contributed by atoms with Gasteiger partial charge in [-0.25, -0.2) is 9.69 Å². The molecule has 2 rings (SSSR count). The second kappa shape index (κ2) is 5.57. The molecule has 1 amide bonds. The van der Waals surface area contributed by atoms with Gasteiger partial charge >= 0.3 is 0 Å². The number of hydrogen-bond donors (Lipinski definition) is 2. The summed E-state index contributed by atoms with van der Waals surface area (Å²) in [6.45, 7) is 0. The molecule has 2 aromatic rings. The Labute approximate surface area is 107 Å². The Morgan fingerprint density at radius 1 is 1.00 bits per heavy atom. The smallest absolute Gasteiger partial charge is 0.275 e. The fourth-order valence-electron chi connectivity index (χ4n) is 1.55. The van der Waals surface area contributed by atoms with Crippen LogP contribution in [0.5, 0.6) is 0 Å². The first-order valence-electron chi connectivity index (χ1n) is 5.24. The molecular weight excluding hydrogens is 250 g/mol. The van der Waals surface area contributed by atoms with Crippen molar-refractivity contribution in [2.24, 2.45) is 0 Å². The second-order valence-electron chi connectivity index (χ2n) is 3.52. The Morgan fingerprint density at radius 2 is 1.61 bits per heavy atom. The zero-order valence-corrected chi connectivity index (χ0v) is 10.2. The normalized spacial score (nSPS) is 11.8. The highest BCUT2D eigenvalue weighted by atomic mass is 32.2. The molecule has 2 N–H and O–H groups in total. The summed E-state index contributed by atoms with van der Waals surface area (Å²) in [6.07, 6.45) is 0. The molecule has 0 aliphatic heterocycles. The first-order valence-corrected chi connectivity index (χ1v) is 6.39. The van der Waals surface area contributed by atoms with E-state index in [0.717, 1.165) is 0 Å². The fraction of sp³-hybridized carbons (Fsp3) is 0. The van der Waals surface area contributed by atoms with E-state index in [1.165, 1.54) is 6.07 Å². The van der Waals surface area contributed by atoms with Crippen molar-refractivity contribution in [2.75, 3.05) is 0 Å². The molecule has 5 heteroatoms. The molecule has 0 radical (unpaired) electrons. The third-order valence-electron chi connectivity index (χ3n) is 2.39. The lowest BCUT2D eigenvalue weighted by Crippen LogP contribution is -2.20. The zero-order valence-electron chi connectivity index (χ0n) is 9.37. The summed E-state index contributed by atoms with van der Waals surface area (Å²) < 4.78 is 12.3. The van der Waals surface area contributed by atoms with E-state index < -0.39 is 16.7 Å². The van der Waals surface area contributed by atoms with Gasteiger partial charge in [0.15, 0.2) is 0 Å². The molecule has 0 spiro atoms. The van der Waals surface area contributed by atoms with Crippen LogP contribution in [0.3, 0.4) is 0 Å². The Kier molecular flexibility index (Phi) is 3.86. The first kappa shape index (κ1) is 12.5. The van der Waals surface area contributed by atoms with Crippen LogP contribution in [0.2, 0.25) is 0 Å². The number of rotatable bonds is 3. The molecule has 0 aromatic heterocycles. The van der Waals surface area contributed by atoms with Crippen LogP contribution < -0.4 is 5.48 Å². The van der Waals surface area contributed by atoms with Gasteiger partial charge in [-0.05, 0) is 24.3 Å². The predicted molar refractivity (Wildman–Crippen MR) is 66.8 cm³/mol. The molecular formula is C13H11NO3S. The Hall–Kier alpha value is -1.98. The van der Waals surface area contributed by atoms with Crippen molar-refractivity contribution in [1.29, 1.82) is 0 Å². The van der Waals surface area contributed by atoms with Crippen LogP contribution in [-0.4, -0.2) is 15.3 Å². The van der Waals surface area contributed by atoms with Gasteiger partial charge in [0.1, 0.15) is 0 Å². The van der Waals surface area contributed by atoms with E-state index in [-0.39, 0.29) is 5.56 Å². The molecule has 4 nitrogen and oxygen atoms in total. The van der Waals surface area contributed by atoms with E-state index in [1.807, 2.05) is 6.07 Å². The minimum absolute atomic E-state index is 0.196. The van der Waals surface area contributed by atoms with Crippen molar-refractivity contribution in [3.63, 3.8) is 0 Å². The second-order valence-corrected chi connectivity index (χ2v) is 4.97. The number of amides is 1. The van der Waals surface area contributed by atoms with Crippen LogP contribution in [0, 0.1) is 0 Å². The summed E-state index contributed by atoms with van der Waals surface area (Å²) in [5.41, 5.74) is 1.75. The van der Waals surface area contributed by atoms with Crippen molar-refractivity contribution in [3.05, 3.63) is 60.2 Å². The Bertz CT molecular complexity index is 584. The largest absolute Gasteiger partial charge is 0.288 e. The van der Waals surface area contributed by atoms with Gasteiger partial charge in [-0.1, -0.05) is 30.3 Å². The van der Waals surface area contributed by atoms with Crippen molar-refractivity contribution in [2.45, 2.75) is 9.79 Å². The predicted octanol–water partition coefficient (Wildman–Crippen LogP) is 1.97. The molecule has 0 aliphatic carbocycles. The average Bonchev–Trinajstić information content (AvgIpc) is 2.46. The zero-order chi connectivity index (χ0) is 13.0. The third kappa shape index (κ3) is 2.47. The molecule has 2 aromatic carbocycles. The lowest BCUT2D eigenvalue weighted by Gasteiger charge is -2.07. The minimum Gasteiger partial charge on any atom is -0.288 e. The lowest BCUT2D eigenvalue weighted by molar-refractivity contribution is 0.0703. The van der Waals surface area contributed by atoms with Gasteiger partial charge in [0.2, 0.25) is 0 Å². The van der Waals surface area contributed by atoms with E-state index in [4.69, 9.17) is 5.21 Å². The number of nitrogens with one attached hydrogen (secondary N) is 1. The number of carbonyl (C=O) groups is 1. The van der Waals surface area contributed by atoms with Crippen LogP contribution in [0.1, 0.15) is 10.4 Å². The topological polar surface area (TPSA) is 66.4 Å². The molecule has 0 fully saturated rings. The summed E-state index contributed by atoms with van der Waals surface area (Å²) in [6, 6.07) is 15.3. The summed E-state index contributed by atoms with van der Waals surface area (Å²) in [4.78, 5) is 12.5. The molecule has 18 heavy (non-hydrogen) atoms. The van der Waals surface area contributed by atoms with E-state index in [0.29, 0.717) is 9.79 Å². The van der Waals surface area contributed by atoms with Crippen LogP contribution >= 0.6 is 0 Å². The van der Waals surface area contributed by atoms with Gasteiger partial charge in [0.05, 0.1) is 21.3 Å². The van der Waals surface area contributed by atoms with Crippen LogP contribution in [-0.2, 0) is 10.8 Å². The fourth-order valence-corrected chi connectivity index (χ4v) is 2.77. The van der Waals surface area contributed by atoms with Crippen molar-refractivity contribution in [1.82, 2.24) is 5.48 Å². The molecule has 1 unspecified atom stereocenters. The highest BCUT2D eigenvalue weighted by Crippen LogP contribution is 2.19. The van der Waals surface area contributed by atoms with E-state index >= 15 is 0 Å². The van der Waals surface area contributed by atoms with E-state index in [1.54, 1.807) is 47.9 Å². The number of benzene rings is 2. The highest BCUT2D eigenvalue weighted by molar-refractivity contribution is 7.85. The maximum Gasteiger partial charge on any atom is 0.275 e.